The van der Waals surface area contributed by atoms with E-state index in [1.165, 1.54) is 5.56 Å². The maximum atomic E-state index is 11.0. The van der Waals surface area contributed by atoms with Gasteiger partial charge in [-0.05, 0) is 35.3 Å². The lowest BCUT2D eigenvalue weighted by atomic mass is 9.81. The predicted molar refractivity (Wildman–Crippen MR) is 85.5 cm³/mol. The Labute approximate surface area is 128 Å². The average Bonchev–Trinajstić information content (AvgIpc) is 2.35. The zero-order valence-corrected chi connectivity index (χ0v) is 13.8. The number of carboxylic acids is 1. The number of aliphatic hydroxyl groups is 1. The highest BCUT2D eigenvalue weighted by atomic mass is 16.4. The van der Waals surface area contributed by atoms with Crippen molar-refractivity contribution in [1.29, 1.82) is 0 Å². The first-order chi connectivity index (χ1) is 9.54. The summed E-state index contributed by atoms with van der Waals surface area (Å²) in [5.41, 5.74) is 1.34. The van der Waals surface area contributed by atoms with Crippen molar-refractivity contribution in [2.75, 3.05) is 0 Å². The minimum atomic E-state index is -1.15. The van der Waals surface area contributed by atoms with Gasteiger partial charge in [-0.25, -0.2) is 0 Å². The molecule has 2 N–H and O–H groups in total. The quantitative estimate of drug-likeness (QED) is 0.839. The third-order valence-electron chi connectivity index (χ3n) is 4.17. The lowest BCUT2D eigenvalue weighted by molar-refractivity contribution is -0.145. The molecule has 0 saturated heterocycles. The molecule has 0 aliphatic rings. The summed E-state index contributed by atoms with van der Waals surface area (Å²) < 4.78 is 0. The van der Waals surface area contributed by atoms with Crippen LogP contribution in [0.2, 0.25) is 0 Å². The van der Waals surface area contributed by atoms with Gasteiger partial charge in [-0.3, -0.25) is 4.79 Å². The number of aryl methyl sites for hydroxylation is 1. The number of rotatable bonds is 6. The number of carboxylic acid groups (broad SMARTS) is 1. The molecule has 0 aliphatic heterocycles. The molecule has 118 valence electrons. The first-order valence-corrected chi connectivity index (χ1v) is 7.58. The van der Waals surface area contributed by atoms with Gasteiger partial charge in [0.25, 0.3) is 0 Å². The first kappa shape index (κ1) is 17.7. The molecule has 0 bridgehead atoms. The summed E-state index contributed by atoms with van der Waals surface area (Å²) in [7, 11) is 0. The Morgan fingerprint density at radius 1 is 1.24 bits per heavy atom. The van der Waals surface area contributed by atoms with Gasteiger partial charge < -0.3 is 10.2 Å². The number of aliphatic carboxylic acids is 1. The van der Waals surface area contributed by atoms with Gasteiger partial charge in [0.1, 0.15) is 0 Å². The molecule has 0 aliphatic carbocycles. The Bertz CT molecular complexity index is 485. The molecule has 0 saturated carbocycles. The molecule has 3 heteroatoms. The molecule has 0 heterocycles. The van der Waals surface area contributed by atoms with Crippen LogP contribution >= 0.6 is 0 Å². The van der Waals surface area contributed by atoms with Crippen molar-refractivity contribution in [1.82, 2.24) is 0 Å². The van der Waals surface area contributed by atoms with Crippen LogP contribution in [0.5, 0.6) is 0 Å². The van der Waals surface area contributed by atoms with Crippen LogP contribution in [0.3, 0.4) is 0 Å². The maximum Gasteiger partial charge on any atom is 0.306 e. The van der Waals surface area contributed by atoms with Gasteiger partial charge in [-0.1, -0.05) is 58.9 Å². The second kappa shape index (κ2) is 6.61. The van der Waals surface area contributed by atoms with Crippen LogP contribution in [0.15, 0.2) is 24.3 Å². The van der Waals surface area contributed by atoms with Crippen molar-refractivity contribution in [3.8, 4) is 0 Å². The van der Waals surface area contributed by atoms with Crippen molar-refractivity contribution in [2.45, 2.75) is 64.9 Å². The van der Waals surface area contributed by atoms with Crippen molar-refractivity contribution in [3.63, 3.8) is 0 Å². The van der Waals surface area contributed by atoms with Crippen LogP contribution in [-0.2, 0) is 16.6 Å². The van der Waals surface area contributed by atoms with E-state index in [0.717, 1.165) is 5.56 Å². The Balaban J connectivity index is 2.84. The molecule has 1 atom stereocenters. The Morgan fingerprint density at radius 2 is 1.86 bits per heavy atom. The van der Waals surface area contributed by atoms with Crippen LogP contribution in [0.4, 0.5) is 0 Å². The van der Waals surface area contributed by atoms with Gasteiger partial charge in [0.05, 0.1) is 12.0 Å². The molecular weight excluding hydrogens is 264 g/mol. The van der Waals surface area contributed by atoms with Crippen molar-refractivity contribution < 1.29 is 15.0 Å². The smallest absolute Gasteiger partial charge is 0.306 e. The van der Waals surface area contributed by atoms with Gasteiger partial charge in [0.15, 0.2) is 0 Å². The second-order valence-corrected chi connectivity index (χ2v) is 7.28. The fourth-order valence-corrected chi connectivity index (χ4v) is 2.40. The van der Waals surface area contributed by atoms with Crippen LogP contribution in [-0.4, -0.2) is 21.8 Å². The largest absolute Gasteiger partial charge is 0.481 e. The minimum Gasteiger partial charge on any atom is -0.481 e. The topological polar surface area (TPSA) is 57.5 Å². The van der Waals surface area contributed by atoms with E-state index in [-0.39, 0.29) is 17.8 Å². The number of hydrogen-bond donors (Lipinski definition) is 2. The highest BCUT2D eigenvalue weighted by Crippen LogP contribution is 2.28. The average molecular weight is 292 g/mol. The summed E-state index contributed by atoms with van der Waals surface area (Å²) in [4.78, 5) is 11.0. The molecule has 0 spiro atoms. The van der Waals surface area contributed by atoms with Crippen LogP contribution < -0.4 is 0 Å². The van der Waals surface area contributed by atoms with E-state index in [1.807, 2.05) is 26.0 Å². The van der Waals surface area contributed by atoms with Crippen molar-refractivity contribution in [2.24, 2.45) is 5.92 Å². The Kier molecular flexibility index (Phi) is 5.57. The second-order valence-electron chi connectivity index (χ2n) is 7.28. The van der Waals surface area contributed by atoms with E-state index in [0.29, 0.717) is 12.8 Å². The Morgan fingerprint density at radius 3 is 2.33 bits per heavy atom. The highest BCUT2D eigenvalue weighted by Gasteiger charge is 2.33. The summed E-state index contributed by atoms with van der Waals surface area (Å²) in [5.74, 6) is -1.03. The van der Waals surface area contributed by atoms with E-state index in [9.17, 15) is 9.90 Å². The molecule has 1 unspecified atom stereocenters. The van der Waals surface area contributed by atoms with Crippen LogP contribution in [0, 0.1) is 5.92 Å². The van der Waals surface area contributed by atoms with Gasteiger partial charge >= 0.3 is 5.97 Å². The Hall–Kier alpha value is -1.35. The summed E-state index contributed by atoms with van der Waals surface area (Å²) in [6.45, 7) is 10.2. The molecule has 0 amide bonds. The fraction of sp³-hybridized carbons (Fsp3) is 0.611. The zero-order valence-electron chi connectivity index (χ0n) is 13.8. The standard InChI is InChI=1S/C18H28O3/c1-13(2)18(21,12-16(19)20)10-9-14-7-6-8-15(11-14)17(3,4)5/h6-8,11,13,21H,9-10,12H2,1-5H3,(H,19,20). The summed E-state index contributed by atoms with van der Waals surface area (Å²) in [5, 5.41) is 19.6. The molecule has 1 aromatic rings. The SMILES string of the molecule is CC(C)C(O)(CCc1cccc(C(C)(C)C)c1)CC(=O)O. The molecular formula is C18H28O3. The van der Waals surface area contributed by atoms with E-state index >= 15 is 0 Å². The third kappa shape index (κ3) is 5.16. The van der Waals surface area contributed by atoms with Crippen LogP contribution in [0.25, 0.3) is 0 Å². The van der Waals surface area contributed by atoms with E-state index in [1.54, 1.807) is 0 Å². The third-order valence-corrected chi connectivity index (χ3v) is 4.17. The highest BCUT2D eigenvalue weighted by molar-refractivity contribution is 5.68. The fourth-order valence-electron chi connectivity index (χ4n) is 2.40. The zero-order chi connectivity index (χ0) is 16.3. The van der Waals surface area contributed by atoms with Crippen molar-refractivity contribution in [3.05, 3.63) is 35.4 Å². The van der Waals surface area contributed by atoms with Gasteiger partial charge in [-0.2, -0.15) is 0 Å². The molecule has 0 aromatic heterocycles. The number of hydrogen-bond acceptors (Lipinski definition) is 2. The number of carbonyl (C=O) groups is 1. The number of benzene rings is 1. The summed E-state index contributed by atoms with van der Waals surface area (Å²) >= 11 is 0. The molecule has 1 aromatic carbocycles. The van der Waals surface area contributed by atoms with E-state index < -0.39 is 11.6 Å². The van der Waals surface area contributed by atoms with Gasteiger partial charge in [0, 0.05) is 0 Å². The van der Waals surface area contributed by atoms with E-state index in [4.69, 9.17) is 5.11 Å². The summed E-state index contributed by atoms with van der Waals surface area (Å²) in [6.07, 6.45) is 0.945. The lowest BCUT2D eigenvalue weighted by Gasteiger charge is -2.31. The normalized spacial score (nSPS) is 15.0. The monoisotopic (exact) mass is 292 g/mol. The molecule has 0 fully saturated rings. The predicted octanol–water partition coefficient (Wildman–Crippen LogP) is 3.78. The van der Waals surface area contributed by atoms with E-state index in [2.05, 4.69) is 32.9 Å². The lowest BCUT2D eigenvalue weighted by Crippen LogP contribution is -2.38. The maximum absolute atomic E-state index is 11.0. The van der Waals surface area contributed by atoms with Gasteiger partial charge in [0.2, 0.25) is 0 Å². The molecule has 0 radical (unpaired) electrons. The molecule has 1 rings (SSSR count). The molecule has 3 nitrogen and oxygen atoms in total. The van der Waals surface area contributed by atoms with Gasteiger partial charge in [-0.15, -0.1) is 0 Å². The van der Waals surface area contributed by atoms with Crippen LogP contribution in [0.1, 0.15) is 58.6 Å². The molecule has 21 heavy (non-hydrogen) atoms. The van der Waals surface area contributed by atoms with Crippen molar-refractivity contribution >= 4 is 5.97 Å². The minimum absolute atomic E-state index is 0.0839. The first-order valence-electron chi connectivity index (χ1n) is 7.58. The summed E-state index contributed by atoms with van der Waals surface area (Å²) in [6, 6.07) is 8.33.